The molecule has 1 rings (SSSR count). The van der Waals surface area contributed by atoms with Gasteiger partial charge in [0.25, 0.3) is 0 Å². The fraction of sp³-hybridized carbons (Fsp3) is 1.00. The summed E-state index contributed by atoms with van der Waals surface area (Å²) in [6.07, 6.45) is 3.36. The molecule has 0 aliphatic carbocycles. The molecule has 0 aromatic heterocycles. The van der Waals surface area contributed by atoms with Crippen LogP contribution < -0.4 is 5.32 Å². The van der Waals surface area contributed by atoms with Gasteiger partial charge in [-0.25, -0.2) is 0 Å². The highest BCUT2D eigenvalue weighted by Crippen LogP contribution is 2.23. The van der Waals surface area contributed by atoms with Crippen molar-refractivity contribution in [2.75, 3.05) is 6.61 Å². The van der Waals surface area contributed by atoms with Gasteiger partial charge < -0.3 is 10.4 Å². The average Bonchev–Trinajstić information content (AvgIpc) is 2.12. The summed E-state index contributed by atoms with van der Waals surface area (Å²) in [7, 11) is 0. The van der Waals surface area contributed by atoms with E-state index >= 15 is 0 Å². The van der Waals surface area contributed by atoms with E-state index in [1.165, 1.54) is 12.8 Å². The normalized spacial score (nSPS) is 30.9. The number of hydrogen-bond acceptors (Lipinski definition) is 2. The Morgan fingerprint density at radius 1 is 1.60 bits per heavy atom. The van der Waals surface area contributed by atoms with E-state index in [4.69, 9.17) is 5.11 Å². The monoisotopic (exact) mass is 143 g/mol. The molecule has 0 aromatic rings. The molecule has 1 aliphatic heterocycles. The third-order valence-corrected chi connectivity index (χ3v) is 2.19. The third kappa shape index (κ3) is 1.96. The van der Waals surface area contributed by atoms with Crippen molar-refractivity contribution >= 4 is 0 Å². The highest BCUT2D eigenvalue weighted by Gasteiger charge is 2.28. The molecule has 1 aliphatic rings. The molecule has 2 nitrogen and oxygen atoms in total. The Balaban J connectivity index is 2.29. The van der Waals surface area contributed by atoms with E-state index in [-0.39, 0.29) is 0 Å². The number of rotatable bonds is 2. The molecular formula is C8H17NO. The summed E-state index contributed by atoms with van der Waals surface area (Å²) in [4.78, 5) is 0. The van der Waals surface area contributed by atoms with E-state index < -0.39 is 0 Å². The van der Waals surface area contributed by atoms with Crippen molar-refractivity contribution in [3.8, 4) is 0 Å². The van der Waals surface area contributed by atoms with E-state index in [1.807, 2.05) is 0 Å². The first-order valence-electron chi connectivity index (χ1n) is 4.02. The quantitative estimate of drug-likeness (QED) is 0.602. The van der Waals surface area contributed by atoms with Gasteiger partial charge in [-0.1, -0.05) is 0 Å². The zero-order valence-corrected chi connectivity index (χ0v) is 6.85. The average molecular weight is 143 g/mol. The summed E-state index contributed by atoms with van der Waals surface area (Å²) in [5.74, 6) is 0. The summed E-state index contributed by atoms with van der Waals surface area (Å²) in [5, 5.41) is 12.1. The van der Waals surface area contributed by atoms with Gasteiger partial charge in [-0.05, 0) is 33.1 Å². The maximum Gasteiger partial charge on any atom is 0.0445 e. The summed E-state index contributed by atoms with van der Waals surface area (Å²) in [6, 6.07) is 0.556. The second-order valence-electron chi connectivity index (χ2n) is 3.78. The molecular weight excluding hydrogens is 126 g/mol. The van der Waals surface area contributed by atoms with Crippen LogP contribution >= 0.6 is 0 Å². The maximum atomic E-state index is 8.66. The zero-order chi connectivity index (χ0) is 7.61. The first-order valence-corrected chi connectivity index (χ1v) is 4.02. The molecule has 1 fully saturated rings. The van der Waals surface area contributed by atoms with Crippen LogP contribution in [0, 0.1) is 0 Å². The van der Waals surface area contributed by atoms with E-state index in [0.717, 1.165) is 6.42 Å². The van der Waals surface area contributed by atoms with Crippen LogP contribution in [0.4, 0.5) is 0 Å². The van der Waals surface area contributed by atoms with Gasteiger partial charge in [0.05, 0.1) is 0 Å². The zero-order valence-electron chi connectivity index (χ0n) is 6.85. The Bertz CT molecular complexity index is 112. The molecule has 1 heterocycles. The Morgan fingerprint density at radius 3 is 2.70 bits per heavy atom. The van der Waals surface area contributed by atoms with Gasteiger partial charge in [0.2, 0.25) is 0 Å². The van der Waals surface area contributed by atoms with Crippen LogP contribution in [0.15, 0.2) is 0 Å². The first-order chi connectivity index (χ1) is 4.64. The molecule has 1 atom stereocenters. The molecule has 60 valence electrons. The van der Waals surface area contributed by atoms with Gasteiger partial charge in [-0.2, -0.15) is 0 Å². The number of nitrogens with one attached hydrogen (secondary N) is 1. The van der Waals surface area contributed by atoms with E-state index in [9.17, 15) is 0 Å². The van der Waals surface area contributed by atoms with Gasteiger partial charge in [0.1, 0.15) is 0 Å². The van der Waals surface area contributed by atoms with Crippen LogP contribution in [0.1, 0.15) is 33.1 Å². The third-order valence-electron chi connectivity index (χ3n) is 2.19. The van der Waals surface area contributed by atoms with Crippen molar-refractivity contribution in [2.45, 2.75) is 44.7 Å². The van der Waals surface area contributed by atoms with E-state index in [1.54, 1.807) is 0 Å². The van der Waals surface area contributed by atoms with Crippen LogP contribution in [0.25, 0.3) is 0 Å². The van der Waals surface area contributed by atoms with Crippen molar-refractivity contribution in [2.24, 2.45) is 0 Å². The van der Waals surface area contributed by atoms with Gasteiger partial charge in [-0.3, -0.25) is 0 Å². The number of aliphatic hydroxyl groups excluding tert-OH is 1. The fourth-order valence-corrected chi connectivity index (χ4v) is 1.60. The Hall–Kier alpha value is -0.0800. The maximum absolute atomic E-state index is 8.66. The van der Waals surface area contributed by atoms with Crippen molar-refractivity contribution in [1.82, 2.24) is 5.32 Å². The minimum Gasteiger partial charge on any atom is -0.396 e. The molecule has 0 saturated carbocycles. The predicted molar refractivity (Wildman–Crippen MR) is 41.9 cm³/mol. The molecule has 0 bridgehead atoms. The smallest absolute Gasteiger partial charge is 0.0445 e. The second-order valence-corrected chi connectivity index (χ2v) is 3.78. The van der Waals surface area contributed by atoms with Crippen LogP contribution in [0.2, 0.25) is 0 Å². The van der Waals surface area contributed by atoms with Crippen LogP contribution in [-0.4, -0.2) is 23.3 Å². The van der Waals surface area contributed by atoms with Gasteiger partial charge in [0.15, 0.2) is 0 Å². The lowest BCUT2D eigenvalue weighted by molar-refractivity contribution is 0.265. The molecule has 0 unspecified atom stereocenters. The molecule has 1 saturated heterocycles. The molecule has 0 spiro atoms. The standard InChI is InChI=1S/C8H17NO/c1-8(2)5-3-7(9-8)4-6-10/h7,9-10H,3-6H2,1-2H3/t7-/m1/s1. The Kier molecular flexibility index (Phi) is 2.32. The minimum atomic E-state index is 0.305. The predicted octanol–water partition coefficient (Wildman–Crippen LogP) is 0.899. The van der Waals surface area contributed by atoms with Crippen molar-refractivity contribution in [1.29, 1.82) is 0 Å². The summed E-state index contributed by atoms with van der Waals surface area (Å²) < 4.78 is 0. The topological polar surface area (TPSA) is 32.3 Å². The minimum absolute atomic E-state index is 0.305. The number of hydrogen-bond donors (Lipinski definition) is 2. The molecule has 10 heavy (non-hydrogen) atoms. The molecule has 0 radical (unpaired) electrons. The van der Waals surface area contributed by atoms with Crippen LogP contribution in [0.5, 0.6) is 0 Å². The largest absolute Gasteiger partial charge is 0.396 e. The Labute approximate surface area is 62.6 Å². The van der Waals surface area contributed by atoms with Crippen molar-refractivity contribution < 1.29 is 5.11 Å². The molecule has 0 amide bonds. The Morgan fingerprint density at radius 2 is 2.30 bits per heavy atom. The second kappa shape index (κ2) is 2.89. The lowest BCUT2D eigenvalue weighted by Crippen LogP contribution is -2.37. The summed E-state index contributed by atoms with van der Waals surface area (Å²) in [5.41, 5.74) is 0.305. The van der Waals surface area contributed by atoms with Crippen molar-refractivity contribution in [3.63, 3.8) is 0 Å². The van der Waals surface area contributed by atoms with Gasteiger partial charge >= 0.3 is 0 Å². The van der Waals surface area contributed by atoms with Gasteiger partial charge in [0, 0.05) is 18.2 Å². The first kappa shape index (κ1) is 8.02. The molecule has 0 aromatic carbocycles. The number of aliphatic hydroxyl groups is 1. The van der Waals surface area contributed by atoms with Gasteiger partial charge in [-0.15, -0.1) is 0 Å². The molecule has 2 N–H and O–H groups in total. The van der Waals surface area contributed by atoms with Crippen molar-refractivity contribution in [3.05, 3.63) is 0 Å². The van der Waals surface area contributed by atoms with Crippen LogP contribution in [-0.2, 0) is 0 Å². The van der Waals surface area contributed by atoms with E-state index in [2.05, 4.69) is 19.2 Å². The fourth-order valence-electron chi connectivity index (χ4n) is 1.60. The summed E-state index contributed by atoms with van der Waals surface area (Å²) >= 11 is 0. The highest BCUT2D eigenvalue weighted by molar-refractivity contribution is 4.90. The lowest BCUT2D eigenvalue weighted by atomic mass is 10.0. The molecule has 2 heteroatoms. The van der Waals surface area contributed by atoms with E-state index in [0.29, 0.717) is 18.2 Å². The van der Waals surface area contributed by atoms with Crippen LogP contribution in [0.3, 0.4) is 0 Å². The SMILES string of the molecule is CC1(C)CC[C@H](CCO)N1. The lowest BCUT2D eigenvalue weighted by Gasteiger charge is -2.19. The summed E-state index contributed by atoms with van der Waals surface area (Å²) in [6.45, 7) is 4.74. The highest BCUT2D eigenvalue weighted by atomic mass is 16.3.